The molecule has 2 rings (SSSR count). The Morgan fingerprint density at radius 2 is 2.17 bits per heavy atom. The molecule has 1 N–H and O–H groups in total. The van der Waals surface area contributed by atoms with E-state index in [9.17, 15) is 0 Å². The Morgan fingerprint density at radius 1 is 1.44 bits per heavy atom. The lowest BCUT2D eigenvalue weighted by molar-refractivity contribution is 0.245. The zero-order valence-corrected chi connectivity index (χ0v) is 12.2. The van der Waals surface area contributed by atoms with E-state index >= 15 is 0 Å². The lowest BCUT2D eigenvalue weighted by Gasteiger charge is -2.34. The van der Waals surface area contributed by atoms with Crippen molar-refractivity contribution in [3.05, 3.63) is 29.3 Å². The second kappa shape index (κ2) is 4.93. The summed E-state index contributed by atoms with van der Waals surface area (Å²) in [7, 11) is 2.05. The summed E-state index contributed by atoms with van der Waals surface area (Å²) in [6.45, 7) is 9.02. The van der Waals surface area contributed by atoms with Crippen molar-refractivity contribution in [1.29, 1.82) is 0 Å². The quantitative estimate of drug-likeness (QED) is 0.876. The predicted octanol–water partition coefficient (Wildman–Crippen LogP) is 3.71. The average molecular weight is 247 g/mol. The van der Waals surface area contributed by atoms with Crippen LogP contribution in [0.25, 0.3) is 0 Å². The van der Waals surface area contributed by atoms with Crippen molar-refractivity contribution in [2.24, 2.45) is 5.41 Å². The molecule has 2 nitrogen and oxygen atoms in total. The SMILES string of the molecule is CCC(C)(C)C(NC)c1ccc2c(c1)CC(C)O2. The number of benzene rings is 1. The van der Waals surface area contributed by atoms with Gasteiger partial charge in [-0.3, -0.25) is 0 Å². The monoisotopic (exact) mass is 247 g/mol. The minimum absolute atomic E-state index is 0.258. The molecular formula is C16H25NO. The van der Waals surface area contributed by atoms with Gasteiger partial charge in [0.2, 0.25) is 0 Å². The molecule has 0 fully saturated rings. The first kappa shape index (κ1) is 13.4. The summed E-state index contributed by atoms with van der Waals surface area (Å²) >= 11 is 0. The summed E-state index contributed by atoms with van der Waals surface area (Å²) in [4.78, 5) is 0. The van der Waals surface area contributed by atoms with Gasteiger partial charge in [0.25, 0.3) is 0 Å². The molecule has 2 unspecified atom stereocenters. The van der Waals surface area contributed by atoms with Crippen molar-refractivity contribution in [1.82, 2.24) is 5.32 Å². The number of fused-ring (bicyclic) bond motifs is 1. The van der Waals surface area contributed by atoms with E-state index in [1.807, 2.05) is 0 Å². The molecule has 1 aromatic carbocycles. The van der Waals surface area contributed by atoms with Crippen molar-refractivity contribution in [2.75, 3.05) is 7.05 Å². The molecule has 0 bridgehead atoms. The maximum absolute atomic E-state index is 5.77. The summed E-state index contributed by atoms with van der Waals surface area (Å²) in [6, 6.07) is 7.04. The van der Waals surface area contributed by atoms with Gasteiger partial charge in [-0.1, -0.05) is 32.9 Å². The van der Waals surface area contributed by atoms with Crippen LogP contribution in [0.1, 0.15) is 51.3 Å². The van der Waals surface area contributed by atoms with Crippen LogP contribution in [-0.4, -0.2) is 13.2 Å². The van der Waals surface area contributed by atoms with E-state index in [1.165, 1.54) is 11.1 Å². The standard InChI is InChI=1S/C16H25NO/c1-6-16(3,4)15(17-5)12-7-8-14-13(10-12)9-11(2)18-14/h7-8,10-11,15,17H,6,9H2,1-5H3. The highest BCUT2D eigenvalue weighted by atomic mass is 16.5. The van der Waals surface area contributed by atoms with Gasteiger partial charge in [0.15, 0.2) is 0 Å². The van der Waals surface area contributed by atoms with E-state index in [-0.39, 0.29) is 5.41 Å². The van der Waals surface area contributed by atoms with Gasteiger partial charge in [-0.15, -0.1) is 0 Å². The Labute approximate surface area is 111 Å². The van der Waals surface area contributed by atoms with Crippen LogP contribution in [0.2, 0.25) is 0 Å². The minimum atomic E-state index is 0.258. The van der Waals surface area contributed by atoms with Gasteiger partial charge in [-0.25, -0.2) is 0 Å². The topological polar surface area (TPSA) is 21.3 Å². The molecule has 0 amide bonds. The molecule has 0 spiro atoms. The van der Waals surface area contributed by atoms with Crippen LogP contribution in [0.4, 0.5) is 0 Å². The van der Waals surface area contributed by atoms with E-state index in [4.69, 9.17) is 4.74 Å². The second-order valence-corrected chi connectivity index (χ2v) is 6.06. The molecular weight excluding hydrogens is 222 g/mol. The molecule has 1 aliphatic heterocycles. The van der Waals surface area contributed by atoms with Crippen LogP contribution in [0.5, 0.6) is 5.75 Å². The van der Waals surface area contributed by atoms with Crippen LogP contribution in [-0.2, 0) is 6.42 Å². The molecule has 0 aliphatic carbocycles. The number of rotatable bonds is 4. The smallest absolute Gasteiger partial charge is 0.123 e. The van der Waals surface area contributed by atoms with Gasteiger partial charge in [0, 0.05) is 12.5 Å². The average Bonchev–Trinajstić information content (AvgIpc) is 2.69. The van der Waals surface area contributed by atoms with Crippen molar-refractivity contribution in [3.8, 4) is 5.75 Å². The molecule has 2 heteroatoms. The van der Waals surface area contributed by atoms with E-state index in [1.54, 1.807) is 0 Å². The fourth-order valence-corrected chi connectivity index (χ4v) is 2.83. The first-order valence-electron chi connectivity index (χ1n) is 6.94. The Morgan fingerprint density at radius 3 is 2.78 bits per heavy atom. The predicted molar refractivity (Wildman–Crippen MR) is 76.1 cm³/mol. The molecule has 2 atom stereocenters. The Balaban J connectivity index is 2.31. The van der Waals surface area contributed by atoms with Crippen molar-refractivity contribution in [3.63, 3.8) is 0 Å². The highest BCUT2D eigenvalue weighted by Gasteiger charge is 2.29. The molecule has 0 saturated heterocycles. The summed E-state index contributed by atoms with van der Waals surface area (Å²) in [5.41, 5.74) is 2.99. The lowest BCUT2D eigenvalue weighted by Crippen LogP contribution is -2.31. The zero-order chi connectivity index (χ0) is 13.3. The highest BCUT2D eigenvalue weighted by Crippen LogP contribution is 2.38. The van der Waals surface area contributed by atoms with E-state index in [2.05, 4.69) is 58.3 Å². The summed E-state index contributed by atoms with van der Waals surface area (Å²) in [5.74, 6) is 1.07. The summed E-state index contributed by atoms with van der Waals surface area (Å²) in [6.07, 6.45) is 2.51. The number of hydrogen-bond acceptors (Lipinski definition) is 2. The van der Waals surface area contributed by atoms with Crippen LogP contribution in [0.15, 0.2) is 18.2 Å². The molecule has 1 aromatic rings. The van der Waals surface area contributed by atoms with Gasteiger partial charge in [0.05, 0.1) is 0 Å². The highest BCUT2D eigenvalue weighted by molar-refractivity contribution is 5.41. The van der Waals surface area contributed by atoms with Gasteiger partial charge >= 0.3 is 0 Å². The largest absolute Gasteiger partial charge is 0.490 e. The Bertz CT molecular complexity index is 425. The van der Waals surface area contributed by atoms with Crippen LogP contribution < -0.4 is 10.1 Å². The molecule has 0 aromatic heterocycles. The van der Waals surface area contributed by atoms with Crippen LogP contribution in [0, 0.1) is 5.41 Å². The van der Waals surface area contributed by atoms with Gasteiger partial charge in [0.1, 0.15) is 11.9 Å². The molecule has 0 radical (unpaired) electrons. The first-order chi connectivity index (χ1) is 8.47. The zero-order valence-electron chi connectivity index (χ0n) is 12.2. The van der Waals surface area contributed by atoms with Gasteiger partial charge < -0.3 is 10.1 Å². The fraction of sp³-hybridized carbons (Fsp3) is 0.625. The van der Waals surface area contributed by atoms with Crippen molar-refractivity contribution < 1.29 is 4.74 Å². The van der Waals surface area contributed by atoms with Crippen LogP contribution >= 0.6 is 0 Å². The lowest BCUT2D eigenvalue weighted by atomic mass is 9.78. The molecule has 1 aliphatic rings. The second-order valence-electron chi connectivity index (χ2n) is 6.06. The number of ether oxygens (including phenoxy) is 1. The Kier molecular flexibility index (Phi) is 3.67. The maximum Gasteiger partial charge on any atom is 0.123 e. The Hall–Kier alpha value is -1.02. The van der Waals surface area contributed by atoms with E-state index < -0.39 is 0 Å². The van der Waals surface area contributed by atoms with Gasteiger partial charge in [-0.2, -0.15) is 0 Å². The summed E-state index contributed by atoms with van der Waals surface area (Å²) in [5, 5.41) is 3.47. The maximum atomic E-state index is 5.77. The van der Waals surface area contributed by atoms with E-state index in [0.29, 0.717) is 12.1 Å². The summed E-state index contributed by atoms with van der Waals surface area (Å²) < 4.78 is 5.77. The van der Waals surface area contributed by atoms with Gasteiger partial charge in [-0.05, 0) is 43.0 Å². The number of hydrogen-bond donors (Lipinski definition) is 1. The molecule has 18 heavy (non-hydrogen) atoms. The normalized spacial score (nSPS) is 20.4. The molecule has 1 heterocycles. The van der Waals surface area contributed by atoms with Crippen LogP contribution in [0.3, 0.4) is 0 Å². The fourth-order valence-electron chi connectivity index (χ4n) is 2.83. The third-order valence-corrected chi connectivity index (χ3v) is 4.23. The molecule has 100 valence electrons. The molecule has 0 saturated carbocycles. The van der Waals surface area contributed by atoms with Crippen molar-refractivity contribution in [2.45, 2.75) is 52.7 Å². The third-order valence-electron chi connectivity index (χ3n) is 4.23. The number of nitrogens with one attached hydrogen (secondary N) is 1. The first-order valence-corrected chi connectivity index (χ1v) is 6.94. The minimum Gasteiger partial charge on any atom is -0.490 e. The van der Waals surface area contributed by atoms with Crippen molar-refractivity contribution >= 4 is 0 Å². The van der Waals surface area contributed by atoms with E-state index in [0.717, 1.165) is 18.6 Å². The third kappa shape index (κ3) is 2.39.